The van der Waals surface area contributed by atoms with Crippen molar-refractivity contribution in [1.29, 1.82) is 0 Å². The fourth-order valence-electron chi connectivity index (χ4n) is 5.62. The number of nitrogens with zero attached hydrogens (tertiary/aromatic N) is 2. The van der Waals surface area contributed by atoms with E-state index in [2.05, 4.69) is 77.0 Å². The lowest BCUT2D eigenvalue weighted by atomic mass is 10.1. The minimum absolute atomic E-state index is 0.0580. The van der Waals surface area contributed by atoms with Gasteiger partial charge in [-0.15, -0.1) is 0 Å². The fraction of sp³-hybridized carbons (Fsp3) is 0.390. The highest BCUT2D eigenvalue weighted by Crippen LogP contribution is 2.48. The van der Waals surface area contributed by atoms with Crippen LogP contribution in [0.25, 0.3) is 10.8 Å². The third kappa shape index (κ3) is 13.8. The van der Waals surface area contributed by atoms with Crippen LogP contribution >= 0.6 is 7.75 Å². The number of aliphatic hydroxyl groups is 1. The Labute approximate surface area is 326 Å². The van der Waals surface area contributed by atoms with E-state index >= 15 is 8.78 Å². The van der Waals surface area contributed by atoms with Gasteiger partial charge in [-0.1, -0.05) is 104 Å². The second kappa shape index (κ2) is 22.7. The number of allylic oxidation sites excluding steroid dienone is 10. The molecule has 1 fully saturated rings. The van der Waals surface area contributed by atoms with Crippen molar-refractivity contribution in [2.75, 3.05) is 25.4 Å². The molecule has 2 aromatic carbocycles. The zero-order valence-electron chi connectivity index (χ0n) is 31.6. The number of hydrogen-bond acceptors (Lipinski definition) is 9. The van der Waals surface area contributed by atoms with Gasteiger partial charge in [0, 0.05) is 31.1 Å². The van der Waals surface area contributed by atoms with E-state index in [1.165, 1.54) is 0 Å². The van der Waals surface area contributed by atoms with E-state index in [9.17, 15) is 19.3 Å². The maximum absolute atomic E-state index is 15.1. The number of carbonyl (C=O) groups is 1. The monoisotopic (exact) mass is 795 g/mol. The number of ether oxygens (including phenoxy) is 1. The van der Waals surface area contributed by atoms with Crippen LogP contribution in [-0.4, -0.2) is 58.4 Å². The number of nitrogen functional groups attached to an aromatic ring is 1. The quantitative estimate of drug-likeness (QED) is 0.0424. The topological polar surface area (TPSA) is 167 Å². The molecule has 12 nitrogen and oxygen atoms in total. The van der Waals surface area contributed by atoms with Crippen LogP contribution < -0.4 is 26.4 Å². The van der Waals surface area contributed by atoms with Crippen LogP contribution in [-0.2, 0) is 18.6 Å². The number of halogens is 2. The molecule has 0 spiro atoms. The summed E-state index contributed by atoms with van der Waals surface area (Å²) in [7, 11) is -4.35. The minimum Gasteiger partial charge on any atom is -0.413 e. The number of benzene rings is 2. The van der Waals surface area contributed by atoms with E-state index in [1.807, 2.05) is 24.3 Å². The molecule has 2 heterocycles. The highest BCUT2D eigenvalue weighted by Gasteiger charge is 2.60. The maximum atomic E-state index is 15.1. The summed E-state index contributed by atoms with van der Waals surface area (Å²) >= 11 is 0. The first kappa shape index (κ1) is 44.0. The number of carbonyl (C=O) groups excluding carboxylic acids is 1. The zero-order chi connectivity index (χ0) is 40.2. The van der Waals surface area contributed by atoms with Gasteiger partial charge in [0.2, 0.25) is 12.1 Å². The Morgan fingerprint density at radius 1 is 0.964 bits per heavy atom. The van der Waals surface area contributed by atoms with Gasteiger partial charge < -0.3 is 25.4 Å². The molecular formula is C41H52F2N5O7P. The number of hydrogen-bond donors (Lipinski definition) is 4. The van der Waals surface area contributed by atoms with Gasteiger partial charge in [-0.3, -0.25) is 13.9 Å². The Hall–Kier alpha value is -4.72. The molecule has 0 saturated carbocycles. The van der Waals surface area contributed by atoms with Crippen LogP contribution in [0.5, 0.6) is 5.75 Å². The Morgan fingerprint density at radius 2 is 1.61 bits per heavy atom. The number of nitrogens with one attached hydrogen (secondary N) is 2. The molecule has 5 N–H and O–H groups in total. The van der Waals surface area contributed by atoms with Crippen molar-refractivity contribution in [3.05, 3.63) is 126 Å². The number of rotatable bonds is 23. The number of aromatic nitrogens is 2. The average molecular weight is 796 g/mol. The third-order valence-corrected chi connectivity index (χ3v) is 10.1. The number of amides is 1. The van der Waals surface area contributed by atoms with Gasteiger partial charge in [-0.05, 0) is 62.5 Å². The van der Waals surface area contributed by atoms with Crippen LogP contribution in [0.15, 0.2) is 120 Å². The molecule has 4 unspecified atom stereocenters. The number of fused-ring (bicyclic) bond motifs is 1. The molecule has 4 rings (SSSR count). The summed E-state index contributed by atoms with van der Waals surface area (Å²) in [5.74, 6) is -4.13. The van der Waals surface area contributed by atoms with Crippen molar-refractivity contribution in [3.8, 4) is 5.75 Å². The molecule has 4 atom stereocenters. The first-order valence-corrected chi connectivity index (χ1v) is 20.3. The second-order valence-corrected chi connectivity index (χ2v) is 14.7. The predicted molar refractivity (Wildman–Crippen MR) is 215 cm³/mol. The van der Waals surface area contributed by atoms with Crippen molar-refractivity contribution in [2.24, 2.45) is 0 Å². The third-order valence-electron chi connectivity index (χ3n) is 8.55. The van der Waals surface area contributed by atoms with Gasteiger partial charge >= 0.3 is 19.4 Å². The van der Waals surface area contributed by atoms with Crippen LogP contribution in [0.4, 0.5) is 14.6 Å². The summed E-state index contributed by atoms with van der Waals surface area (Å²) in [6, 6.07) is 13.4. The van der Waals surface area contributed by atoms with E-state index in [0.717, 1.165) is 56.2 Å². The normalized spacial score (nSPS) is 19.6. The number of aliphatic hydroxyl groups excluding tert-OH is 1. The van der Waals surface area contributed by atoms with Gasteiger partial charge in [-0.25, -0.2) is 14.4 Å². The summed E-state index contributed by atoms with van der Waals surface area (Å²) in [5.41, 5.74) is 4.37. The lowest BCUT2D eigenvalue weighted by Gasteiger charge is -2.23. The molecule has 3 aromatic rings. The van der Waals surface area contributed by atoms with Gasteiger partial charge in [0.25, 0.3) is 0 Å². The molecule has 302 valence electrons. The van der Waals surface area contributed by atoms with E-state index in [4.69, 9.17) is 19.5 Å². The van der Waals surface area contributed by atoms with Gasteiger partial charge in [0.1, 0.15) is 17.7 Å². The molecule has 1 aliphatic rings. The van der Waals surface area contributed by atoms with Crippen molar-refractivity contribution >= 4 is 30.2 Å². The van der Waals surface area contributed by atoms with Crippen molar-refractivity contribution < 1.29 is 37.0 Å². The molecule has 0 bridgehead atoms. The van der Waals surface area contributed by atoms with E-state index < -0.39 is 44.4 Å². The van der Waals surface area contributed by atoms with Crippen molar-refractivity contribution in [1.82, 2.24) is 20.0 Å². The predicted octanol–water partition coefficient (Wildman–Crippen LogP) is 7.70. The van der Waals surface area contributed by atoms with Crippen LogP contribution in [0.2, 0.25) is 0 Å². The second-order valence-electron chi connectivity index (χ2n) is 12.9. The molecular weight excluding hydrogens is 743 g/mol. The largest absolute Gasteiger partial charge is 0.458 e. The van der Waals surface area contributed by atoms with Crippen LogP contribution in [0, 0.1) is 0 Å². The molecule has 1 aliphatic heterocycles. The van der Waals surface area contributed by atoms with E-state index in [0.29, 0.717) is 16.4 Å². The van der Waals surface area contributed by atoms with Gasteiger partial charge in [0.15, 0.2) is 6.10 Å². The molecule has 1 aromatic heterocycles. The van der Waals surface area contributed by atoms with Gasteiger partial charge in [-0.2, -0.15) is 13.8 Å². The Morgan fingerprint density at radius 3 is 2.29 bits per heavy atom. The van der Waals surface area contributed by atoms with E-state index in [-0.39, 0.29) is 37.0 Å². The summed E-state index contributed by atoms with van der Waals surface area (Å²) in [5, 5.41) is 17.3. The molecule has 1 saturated heterocycles. The molecule has 15 heteroatoms. The van der Waals surface area contributed by atoms with Gasteiger partial charge in [0.05, 0.1) is 6.61 Å². The summed E-state index contributed by atoms with van der Waals surface area (Å²) < 4.78 is 61.7. The Kier molecular flexibility index (Phi) is 17.9. The number of unbranched alkanes of at least 4 members (excludes halogenated alkanes) is 1. The summed E-state index contributed by atoms with van der Waals surface area (Å²) in [6.07, 6.45) is 22.2. The highest BCUT2D eigenvalue weighted by molar-refractivity contribution is 7.52. The number of alkyl halides is 2. The first-order chi connectivity index (χ1) is 27.0. The summed E-state index contributed by atoms with van der Waals surface area (Å²) in [6.45, 7) is 1.31. The smallest absolute Gasteiger partial charge is 0.413 e. The lowest BCUT2D eigenvalue weighted by Crippen LogP contribution is -2.42. The Bertz CT molecular complexity index is 1960. The zero-order valence-corrected chi connectivity index (χ0v) is 32.4. The minimum atomic E-state index is -4.35. The average Bonchev–Trinajstić information content (AvgIpc) is 3.40. The van der Waals surface area contributed by atoms with Crippen LogP contribution in [0.3, 0.4) is 0 Å². The summed E-state index contributed by atoms with van der Waals surface area (Å²) in [4.78, 5) is 28.2. The number of nitrogens with two attached hydrogens (primary N) is 1. The lowest BCUT2D eigenvalue weighted by molar-refractivity contribution is -0.140. The fourth-order valence-corrected chi connectivity index (χ4v) is 6.98. The van der Waals surface area contributed by atoms with Crippen molar-refractivity contribution in [3.63, 3.8) is 0 Å². The highest BCUT2D eigenvalue weighted by atomic mass is 31.2. The maximum Gasteiger partial charge on any atom is 0.458 e. The van der Waals surface area contributed by atoms with Crippen LogP contribution in [0.1, 0.15) is 64.5 Å². The standard InChI is InChI=1S/C41H52F2N5O7P/c1-2-3-4-5-6-7-8-9-10-11-12-13-14-15-16-17-18-26-37(49)45-28-29-46-56(52,55-34-25-21-23-32-22-19-20-24-33(32)34)53-31-35-38(50)41(42,43)39(54-35)48-30-27-36(44)47-40(48)51/h3-4,6-7,9-10,12-13,15-16,19-25,27,30,35,38-39,50H,2,5,8,11,14,17-18,26,28-29,31H2,1H3,(H,45,49)(H,46,52)(H2,44,47,51). The van der Waals surface area contributed by atoms with E-state index in [1.54, 1.807) is 24.3 Å². The molecule has 56 heavy (non-hydrogen) atoms. The Balaban J connectivity index is 1.23. The number of anilines is 1. The van der Waals surface area contributed by atoms with Crippen molar-refractivity contribution in [2.45, 2.75) is 82.6 Å². The molecule has 0 aliphatic carbocycles. The first-order valence-electron chi connectivity index (χ1n) is 18.8. The SMILES string of the molecule is CCC=CCC=CCC=CCC=CCC=CCCCC(=O)NCCNP(=O)(OCC1OC(n2ccc(N)nc2=O)C(F)(F)C1O)Oc1cccc2ccccc12. The molecule has 0 radical (unpaired) electrons. The molecule has 1 amide bonds.